The normalized spacial score (nSPS) is 23.9. The molecule has 0 radical (unpaired) electrons. The number of carbonyl (C=O) groups excluding carboxylic acids is 1. The molecule has 1 aliphatic heterocycles. The molecule has 2 aromatic carbocycles. The molecule has 1 saturated carbocycles. The lowest BCUT2D eigenvalue weighted by Crippen LogP contribution is -2.42. The Balaban J connectivity index is 1.76. The summed E-state index contributed by atoms with van der Waals surface area (Å²) in [5.41, 5.74) is 10.5. The Kier molecular flexibility index (Phi) is 5.79. The van der Waals surface area contributed by atoms with E-state index in [1.54, 1.807) is 20.2 Å². The minimum atomic E-state index is -0.114. The van der Waals surface area contributed by atoms with E-state index in [1.165, 1.54) is 4.90 Å². The fourth-order valence-corrected chi connectivity index (χ4v) is 4.79. The van der Waals surface area contributed by atoms with E-state index < -0.39 is 0 Å². The Hall–Kier alpha value is -3.17. The molecule has 2 aliphatic rings. The van der Waals surface area contributed by atoms with Gasteiger partial charge in [0.1, 0.15) is 0 Å². The molecule has 0 unspecified atom stereocenters. The number of nitrogens with two attached hydrogens (primary N) is 1. The van der Waals surface area contributed by atoms with Crippen molar-refractivity contribution in [3.05, 3.63) is 53.6 Å². The van der Waals surface area contributed by atoms with Gasteiger partial charge in [0.05, 0.1) is 23.4 Å². The van der Waals surface area contributed by atoms with Crippen molar-refractivity contribution in [3.63, 3.8) is 0 Å². The van der Waals surface area contributed by atoms with Crippen molar-refractivity contribution in [1.29, 1.82) is 5.26 Å². The van der Waals surface area contributed by atoms with Gasteiger partial charge in [-0.2, -0.15) is 5.26 Å². The molecule has 0 atom stereocenters. The zero-order valence-electron chi connectivity index (χ0n) is 18.1. The molecule has 6 heteroatoms. The molecule has 0 bridgehead atoms. The molecular weight excluding hydrogens is 388 g/mol. The summed E-state index contributed by atoms with van der Waals surface area (Å²) in [5, 5.41) is 9.23. The molecule has 31 heavy (non-hydrogen) atoms. The van der Waals surface area contributed by atoms with Gasteiger partial charge in [0.15, 0.2) is 0 Å². The predicted octanol–water partition coefficient (Wildman–Crippen LogP) is 4.15. The first-order chi connectivity index (χ1) is 14.9. The molecule has 6 nitrogen and oxygen atoms in total. The van der Waals surface area contributed by atoms with Gasteiger partial charge in [0.25, 0.3) is 0 Å². The molecule has 1 spiro atoms. The first kappa shape index (κ1) is 21.1. The lowest BCUT2D eigenvalue weighted by atomic mass is 9.67. The Morgan fingerprint density at radius 2 is 1.90 bits per heavy atom. The third kappa shape index (κ3) is 4.33. The maximum absolute atomic E-state index is 13.0. The van der Waals surface area contributed by atoms with Crippen molar-refractivity contribution in [3.8, 4) is 17.2 Å². The lowest BCUT2D eigenvalue weighted by Gasteiger charge is -2.40. The van der Waals surface area contributed by atoms with Crippen molar-refractivity contribution in [1.82, 2.24) is 4.90 Å². The number of guanidine groups is 1. The van der Waals surface area contributed by atoms with Gasteiger partial charge in [0, 0.05) is 20.6 Å². The van der Waals surface area contributed by atoms with Crippen LogP contribution in [-0.2, 0) is 16.0 Å². The molecule has 2 N–H and O–H groups in total. The number of benzene rings is 2. The molecular formula is C25H28N4O2. The van der Waals surface area contributed by atoms with Crippen LogP contribution in [0.4, 0.5) is 5.69 Å². The maximum atomic E-state index is 13.0. The van der Waals surface area contributed by atoms with E-state index in [9.17, 15) is 10.1 Å². The maximum Gasteiger partial charge on any atom is 0.229 e. The Labute approximate surface area is 183 Å². The molecule has 0 aromatic heterocycles. The highest BCUT2D eigenvalue weighted by molar-refractivity contribution is 5.97. The number of nitrogens with zero attached hydrogens (tertiary/aromatic N) is 3. The number of fused-ring (bicyclic) bond motifs is 1. The number of rotatable bonds is 2. The van der Waals surface area contributed by atoms with Crippen LogP contribution in [-0.4, -0.2) is 37.0 Å². The zero-order chi connectivity index (χ0) is 22.0. The van der Waals surface area contributed by atoms with Crippen LogP contribution in [0.1, 0.15) is 43.2 Å². The molecule has 1 amide bonds. The highest BCUT2D eigenvalue weighted by atomic mass is 16.5. The van der Waals surface area contributed by atoms with Gasteiger partial charge in [0.2, 0.25) is 11.9 Å². The minimum absolute atomic E-state index is 0.00636. The molecule has 2 aromatic rings. The molecule has 4 rings (SSSR count). The first-order valence-corrected chi connectivity index (χ1v) is 10.7. The first-order valence-electron chi connectivity index (χ1n) is 10.7. The number of ether oxygens (including phenoxy) is 1. The monoisotopic (exact) mass is 416 g/mol. The van der Waals surface area contributed by atoms with Crippen LogP contribution in [0.25, 0.3) is 11.1 Å². The Morgan fingerprint density at radius 3 is 2.61 bits per heavy atom. The van der Waals surface area contributed by atoms with Crippen LogP contribution in [0.3, 0.4) is 0 Å². The molecule has 0 saturated heterocycles. The van der Waals surface area contributed by atoms with E-state index in [0.717, 1.165) is 54.5 Å². The number of aliphatic imine (C=N–C) groups is 1. The van der Waals surface area contributed by atoms with Gasteiger partial charge in [-0.25, -0.2) is 4.99 Å². The van der Waals surface area contributed by atoms with Gasteiger partial charge >= 0.3 is 0 Å². The van der Waals surface area contributed by atoms with E-state index in [1.807, 2.05) is 24.3 Å². The van der Waals surface area contributed by atoms with Crippen LogP contribution in [0.2, 0.25) is 0 Å². The van der Waals surface area contributed by atoms with Gasteiger partial charge in [-0.1, -0.05) is 24.3 Å². The molecule has 1 heterocycles. The second kappa shape index (κ2) is 8.52. The van der Waals surface area contributed by atoms with Crippen LogP contribution < -0.4 is 5.73 Å². The van der Waals surface area contributed by atoms with Crippen molar-refractivity contribution in [2.45, 2.75) is 44.6 Å². The summed E-state index contributed by atoms with van der Waals surface area (Å²) in [7, 11) is 3.46. The van der Waals surface area contributed by atoms with Gasteiger partial charge in [-0.15, -0.1) is 0 Å². The van der Waals surface area contributed by atoms with Gasteiger partial charge in [-0.05, 0) is 72.4 Å². The topological polar surface area (TPSA) is 91.7 Å². The highest BCUT2D eigenvalue weighted by Gasteiger charge is 2.39. The van der Waals surface area contributed by atoms with E-state index >= 15 is 0 Å². The lowest BCUT2D eigenvalue weighted by molar-refractivity contribution is -0.130. The summed E-state index contributed by atoms with van der Waals surface area (Å²) in [6.07, 6.45) is 5.31. The summed E-state index contributed by atoms with van der Waals surface area (Å²) in [6.45, 7) is 0. The van der Waals surface area contributed by atoms with E-state index in [0.29, 0.717) is 12.0 Å². The third-order valence-corrected chi connectivity index (χ3v) is 6.78. The quantitative estimate of drug-likeness (QED) is 0.796. The largest absolute Gasteiger partial charge is 0.381 e. The Morgan fingerprint density at radius 1 is 1.16 bits per heavy atom. The molecule has 1 fully saturated rings. The number of carbonyl (C=O) groups is 1. The average Bonchev–Trinajstić information content (AvgIpc) is 2.82. The van der Waals surface area contributed by atoms with E-state index in [4.69, 9.17) is 10.5 Å². The second-order valence-electron chi connectivity index (χ2n) is 8.75. The zero-order valence-corrected chi connectivity index (χ0v) is 18.1. The summed E-state index contributed by atoms with van der Waals surface area (Å²) < 4.78 is 5.56. The van der Waals surface area contributed by atoms with E-state index in [2.05, 4.69) is 23.2 Å². The van der Waals surface area contributed by atoms with Crippen molar-refractivity contribution in [2.24, 2.45) is 16.1 Å². The minimum Gasteiger partial charge on any atom is -0.381 e. The van der Waals surface area contributed by atoms with E-state index in [-0.39, 0.29) is 23.4 Å². The number of amides is 1. The average molecular weight is 417 g/mol. The fourth-order valence-electron chi connectivity index (χ4n) is 4.79. The Bertz CT molecular complexity index is 1060. The summed E-state index contributed by atoms with van der Waals surface area (Å²) in [4.78, 5) is 19.1. The number of nitriles is 1. The third-order valence-electron chi connectivity index (χ3n) is 6.78. The highest BCUT2D eigenvalue weighted by Crippen LogP contribution is 2.45. The SMILES string of the molecule is COC1CCC2(CC1)CC(=O)N(C)C(N)=Nc1cc(-c3cccc(C#N)c3)ccc1C2. The smallest absolute Gasteiger partial charge is 0.229 e. The fraction of sp³-hybridized carbons (Fsp3) is 0.400. The molecule has 1 aliphatic carbocycles. The van der Waals surface area contributed by atoms with Crippen molar-refractivity contribution >= 4 is 17.6 Å². The number of hydrogen-bond donors (Lipinski definition) is 1. The van der Waals surface area contributed by atoms with Crippen LogP contribution >= 0.6 is 0 Å². The summed E-state index contributed by atoms with van der Waals surface area (Å²) in [6, 6.07) is 15.9. The van der Waals surface area contributed by atoms with Gasteiger partial charge in [-0.3, -0.25) is 9.69 Å². The van der Waals surface area contributed by atoms with Crippen LogP contribution in [0, 0.1) is 16.7 Å². The summed E-state index contributed by atoms with van der Waals surface area (Å²) >= 11 is 0. The summed E-state index contributed by atoms with van der Waals surface area (Å²) in [5.74, 6) is 0.212. The van der Waals surface area contributed by atoms with Crippen LogP contribution in [0.15, 0.2) is 47.5 Å². The molecule has 160 valence electrons. The van der Waals surface area contributed by atoms with Crippen molar-refractivity contribution < 1.29 is 9.53 Å². The van der Waals surface area contributed by atoms with Gasteiger partial charge < -0.3 is 10.5 Å². The number of methoxy groups -OCH3 is 1. The predicted molar refractivity (Wildman–Crippen MR) is 121 cm³/mol. The standard InChI is InChI=1S/C25H28N4O2/c1-29-23(30)15-25(10-8-21(31-2)9-11-25)14-20-7-6-19(13-22(20)28-24(29)27)18-5-3-4-17(12-18)16-26/h3-7,12-13,21H,8-11,14-15H2,1-2H3,(H2,27,28). The van der Waals surface area contributed by atoms with Crippen LogP contribution in [0.5, 0.6) is 0 Å². The number of hydrogen-bond acceptors (Lipinski definition) is 5. The van der Waals surface area contributed by atoms with Crippen molar-refractivity contribution in [2.75, 3.05) is 14.2 Å². The second-order valence-corrected chi connectivity index (χ2v) is 8.75.